The number of para-hydroxylation sites is 1. The molecule has 0 aromatic heterocycles. The third-order valence-electron chi connectivity index (χ3n) is 5.26. The van der Waals surface area contributed by atoms with E-state index in [1.807, 2.05) is 65.0 Å². The fraction of sp³-hybridized carbons (Fsp3) is 0.429. The van der Waals surface area contributed by atoms with Gasteiger partial charge < -0.3 is 14.2 Å². The molecule has 0 amide bonds. The third-order valence-corrected chi connectivity index (χ3v) is 5.26. The van der Waals surface area contributed by atoms with Crippen LogP contribution in [0.5, 0.6) is 11.5 Å². The van der Waals surface area contributed by atoms with Crippen molar-refractivity contribution >= 4 is 0 Å². The molecule has 3 rings (SSSR count). The average molecular weight is 521 g/mol. The van der Waals surface area contributed by atoms with Gasteiger partial charge in [0.05, 0.1) is 19.0 Å². The van der Waals surface area contributed by atoms with E-state index in [1.165, 1.54) is 5.56 Å². The molecule has 0 heterocycles. The summed E-state index contributed by atoms with van der Waals surface area (Å²) in [5.41, 5.74) is 3.69. The van der Waals surface area contributed by atoms with Crippen LogP contribution in [0.4, 0.5) is 0 Å². The summed E-state index contributed by atoms with van der Waals surface area (Å²) in [5, 5.41) is 0. The first-order valence-electron chi connectivity index (χ1n) is 14.4. The van der Waals surface area contributed by atoms with Crippen molar-refractivity contribution in [2.45, 2.75) is 87.2 Å². The van der Waals surface area contributed by atoms with Gasteiger partial charge >= 0.3 is 0 Å². The van der Waals surface area contributed by atoms with Crippen molar-refractivity contribution in [2.75, 3.05) is 13.2 Å². The lowest BCUT2D eigenvalue weighted by Gasteiger charge is -2.10. The number of hydrogen-bond donors (Lipinski definition) is 0. The van der Waals surface area contributed by atoms with Crippen molar-refractivity contribution in [2.24, 2.45) is 0 Å². The van der Waals surface area contributed by atoms with E-state index < -0.39 is 0 Å². The zero-order valence-electron chi connectivity index (χ0n) is 25.1. The lowest BCUT2D eigenvalue weighted by atomic mass is 10.1. The molecule has 0 aliphatic rings. The summed E-state index contributed by atoms with van der Waals surface area (Å²) >= 11 is 0. The Morgan fingerprint density at radius 2 is 1.34 bits per heavy atom. The molecule has 0 saturated carbocycles. The highest BCUT2D eigenvalue weighted by Crippen LogP contribution is 2.19. The molecule has 3 aromatic carbocycles. The predicted octanol–water partition coefficient (Wildman–Crippen LogP) is 10.4. The maximum atomic E-state index is 5.88. The molecule has 3 aromatic rings. The highest BCUT2D eigenvalue weighted by Gasteiger charge is 2.00. The minimum atomic E-state index is 0.572. The van der Waals surface area contributed by atoms with E-state index in [0.29, 0.717) is 6.61 Å². The van der Waals surface area contributed by atoms with Crippen LogP contribution in [0.25, 0.3) is 0 Å². The largest absolute Gasteiger partial charge is 0.499 e. The summed E-state index contributed by atoms with van der Waals surface area (Å²) in [6.45, 7) is 19.9. The van der Waals surface area contributed by atoms with Gasteiger partial charge in [-0.3, -0.25) is 0 Å². The average Bonchev–Trinajstić information content (AvgIpc) is 2.96. The topological polar surface area (TPSA) is 27.7 Å². The Kier molecular flexibility index (Phi) is 22.1. The van der Waals surface area contributed by atoms with Gasteiger partial charge in [-0.25, -0.2) is 0 Å². The van der Waals surface area contributed by atoms with Gasteiger partial charge in [-0.2, -0.15) is 0 Å². The lowest BCUT2D eigenvalue weighted by Crippen LogP contribution is -2.00. The second-order valence-corrected chi connectivity index (χ2v) is 8.21. The molecule has 3 nitrogen and oxygen atoms in total. The van der Waals surface area contributed by atoms with Crippen LogP contribution < -0.4 is 9.47 Å². The van der Waals surface area contributed by atoms with Gasteiger partial charge in [0.15, 0.2) is 0 Å². The number of hydrogen-bond acceptors (Lipinski definition) is 3. The number of allylic oxidation sites excluding steroid dienone is 1. The molecule has 0 aliphatic carbocycles. The fourth-order valence-corrected chi connectivity index (χ4v) is 3.38. The molecule has 0 spiro atoms. The molecule has 0 aliphatic heterocycles. The standard InChI is InChI=1S/C24H26O2.C7H14O.2C2H6/c1-20-9-5-6-13-24(20)26-19-22-14-16-23(17-15-22)25-18-8-7-12-21-10-3-2-4-11-21;1-4-6-7(3)8-5-2;2*1-2/h2-6,9-11,13-17H,7-8,12,18-19H2,1H3;3-6H2,1-2H3;2*1-2H3. The molecule has 0 saturated heterocycles. The highest BCUT2D eigenvalue weighted by atomic mass is 16.5. The lowest BCUT2D eigenvalue weighted by molar-refractivity contribution is 0.219. The quantitative estimate of drug-likeness (QED) is 0.166. The van der Waals surface area contributed by atoms with Crippen LogP contribution in [0, 0.1) is 6.92 Å². The Hall–Kier alpha value is -3.20. The van der Waals surface area contributed by atoms with Gasteiger partial charge in [-0.1, -0.05) is 102 Å². The molecule has 0 unspecified atom stereocenters. The van der Waals surface area contributed by atoms with E-state index in [-0.39, 0.29) is 0 Å². The van der Waals surface area contributed by atoms with Crippen molar-refractivity contribution in [1.82, 2.24) is 0 Å². The van der Waals surface area contributed by atoms with E-state index in [1.54, 1.807) is 0 Å². The molecule has 0 N–H and O–H groups in total. The van der Waals surface area contributed by atoms with Crippen LogP contribution in [-0.4, -0.2) is 13.2 Å². The van der Waals surface area contributed by atoms with Crippen molar-refractivity contribution in [3.63, 3.8) is 0 Å². The van der Waals surface area contributed by atoms with Crippen LogP contribution in [-0.2, 0) is 17.8 Å². The van der Waals surface area contributed by atoms with Gasteiger partial charge in [0.25, 0.3) is 0 Å². The summed E-state index contributed by atoms with van der Waals surface area (Å²) in [5.74, 6) is 2.77. The minimum Gasteiger partial charge on any atom is -0.499 e. The third kappa shape index (κ3) is 16.5. The molecule has 38 heavy (non-hydrogen) atoms. The molecule has 0 fully saturated rings. The molecular formula is C35H52O3. The zero-order chi connectivity index (χ0) is 28.4. The first kappa shape index (κ1) is 34.8. The predicted molar refractivity (Wildman–Crippen MR) is 165 cm³/mol. The van der Waals surface area contributed by atoms with Crippen molar-refractivity contribution in [3.05, 3.63) is 108 Å². The van der Waals surface area contributed by atoms with Gasteiger partial charge in [-0.05, 0) is 74.4 Å². The summed E-state index contributed by atoms with van der Waals surface area (Å²) < 4.78 is 16.8. The normalized spacial score (nSPS) is 9.34. The first-order valence-corrected chi connectivity index (χ1v) is 14.4. The van der Waals surface area contributed by atoms with E-state index in [4.69, 9.17) is 14.2 Å². The fourth-order valence-electron chi connectivity index (χ4n) is 3.38. The van der Waals surface area contributed by atoms with E-state index in [2.05, 4.69) is 69.0 Å². The number of aryl methyl sites for hydroxylation is 2. The molecule has 0 atom stereocenters. The smallest absolute Gasteiger partial charge is 0.122 e. The number of rotatable bonds is 13. The van der Waals surface area contributed by atoms with Crippen LogP contribution in [0.3, 0.4) is 0 Å². The van der Waals surface area contributed by atoms with Crippen molar-refractivity contribution in [3.8, 4) is 11.5 Å². The monoisotopic (exact) mass is 520 g/mol. The highest BCUT2D eigenvalue weighted by molar-refractivity contribution is 5.32. The number of unbranched alkanes of at least 4 members (excludes halogenated alkanes) is 1. The summed E-state index contributed by atoms with van der Waals surface area (Å²) in [7, 11) is 0. The van der Waals surface area contributed by atoms with E-state index in [0.717, 1.165) is 73.7 Å². The minimum absolute atomic E-state index is 0.572. The summed E-state index contributed by atoms with van der Waals surface area (Å²) in [6, 6.07) is 26.9. The molecule has 210 valence electrons. The van der Waals surface area contributed by atoms with Gasteiger partial charge in [0.2, 0.25) is 0 Å². The van der Waals surface area contributed by atoms with Crippen LogP contribution in [0.2, 0.25) is 0 Å². The SMILES string of the molecule is C=C(CCC)OCC.CC.CC.Cc1ccccc1OCc1ccc(OCCCCc2ccccc2)cc1. The number of benzene rings is 3. The second-order valence-electron chi connectivity index (χ2n) is 8.21. The Morgan fingerprint density at radius 3 is 1.95 bits per heavy atom. The van der Waals surface area contributed by atoms with Crippen LogP contribution in [0.1, 0.15) is 83.9 Å². The van der Waals surface area contributed by atoms with Gasteiger partial charge in [0, 0.05) is 6.42 Å². The van der Waals surface area contributed by atoms with Crippen molar-refractivity contribution in [1.29, 1.82) is 0 Å². The summed E-state index contributed by atoms with van der Waals surface area (Å²) in [6.07, 6.45) is 5.44. The Bertz CT molecular complexity index is 925. The van der Waals surface area contributed by atoms with E-state index in [9.17, 15) is 0 Å². The Balaban J connectivity index is 0.000000970. The molecule has 3 heteroatoms. The second kappa shape index (κ2) is 24.2. The molecular weight excluding hydrogens is 468 g/mol. The maximum Gasteiger partial charge on any atom is 0.122 e. The van der Waals surface area contributed by atoms with Crippen LogP contribution >= 0.6 is 0 Å². The number of ether oxygens (including phenoxy) is 3. The first-order chi connectivity index (χ1) is 18.6. The Labute approximate surface area is 233 Å². The zero-order valence-corrected chi connectivity index (χ0v) is 25.1. The van der Waals surface area contributed by atoms with Crippen LogP contribution in [0.15, 0.2) is 91.2 Å². The Morgan fingerprint density at radius 1 is 0.711 bits per heavy atom. The van der Waals surface area contributed by atoms with Gasteiger partial charge in [0.1, 0.15) is 18.1 Å². The van der Waals surface area contributed by atoms with Crippen molar-refractivity contribution < 1.29 is 14.2 Å². The molecule has 0 bridgehead atoms. The molecule has 0 radical (unpaired) electrons. The summed E-state index contributed by atoms with van der Waals surface area (Å²) in [4.78, 5) is 0. The van der Waals surface area contributed by atoms with Gasteiger partial charge in [-0.15, -0.1) is 0 Å². The maximum absolute atomic E-state index is 5.88. The van der Waals surface area contributed by atoms with E-state index >= 15 is 0 Å².